The Labute approximate surface area is 147 Å². The number of thiophene rings is 1. The number of anilines is 1. The number of hydrogen-bond donors (Lipinski definition) is 2. The van der Waals surface area contributed by atoms with E-state index in [1.807, 2.05) is 11.4 Å². The summed E-state index contributed by atoms with van der Waals surface area (Å²) < 4.78 is 12.9. The molecule has 1 aliphatic heterocycles. The van der Waals surface area contributed by atoms with Crippen molar-refractivity contribution in [3.63, 3.8) is 0 Å². The van der Waals surface area contributed by atoms with Gasteiger partial charge in [0, 0.05) is 23.5 Å². The van der Waals surface area contributed by atoms with Crippen LogP contribution in [0.5, 0.6) is 0 Å². The molecule has 130 valence electrons. The third-order valence-electron chi connectivity index (χ3n) is 3.98. The minimum Gasteiger partial charge on any atom is -0.326 e. The molecule has 1 fully saturated rings. The van der Waals surface area contributed by atoms with Crippen LogP contribution in [0, 0.1) is 5.82 Å². The lowest BCUT2D eigenvalue weighted by Crippen LogP contribution is -2.40. The van der Waals surface area contributed by atoms with E-state index < -0.39 is 17.4 Å². The number of amides is 4. The van der Waals surface area contributed by atoms with Crippen molar-refractivity contribution in [3.05, 3.63) is 52.5 Å². The maximum absolute atomic E-state index is 12.9. The van der Waals surface area contributed by atoms with Gasteiger partial charge in [0.05, 0.1) is 0 Å². The van der Waals surface area contributed by atoms with Gasteiger partial charge in [0.1, 0.15) is 5.82 Å². The molecule has 3 rings (SSSR count). The van der Waals surface area contributed by atoms with Gasteiger partial charge in [-0.05, 0) is 42.6 Å². The van der Waals surface area contributed by atoms with Crippen molar-refractivity contribution in [3.8, 4) is 0 Å². The van der Waals surface area contributed by atoms with Gasteiger partial charge in [-0.25, -0.2) is 9.18 Å². The molecule has 2 N–H and O–H groups in total. The van der Waals surface area contributed by atoms with Crippen LogP contribution in [0.2, 0.25) is 0 Å². The molecule has 6 nitrogen and oxygen atoms in total. The van der Waals surface area contributed by atoms with Gasteiger partial charge in [0.15, 0.2) is 5.54 Å². The highest BCUT2D eigenvalue weighted by Gasteiger charge is 2.49. The van der Waals surface area contributed by atoms with Crippen LogP contribution in [-0.4, -0.2) is 29.3 Å². The summed E-state index contributed by atoms with van der Waals surface area (Å²) in [4.78, 5) is 38.5. The maximum atomic E-state index is 12.9. The van der Waals surface area contributed by atoms with Crippen molar-refractivity contribution >= 4 is 34.9 Å². The molecular weight excluding hydrogens is 345 g/mol. The molecule has 1 aromatic heterocycles. The van der Waals surface area contributed by atoms with Crippen molar-refractivity contribution < 1.29 is 18.8 Å². The summed E-state index contributed by atoms with van der Waals surface area (Å²) in [6.07, 6.45) is -0.0446. The Hall–Kier alpha value is -2.74. The molecule has 1 unspecified atom stereocenters. The van der Waals surface area contributed by atoms with Gasteiger partial charge in [-0.2, -0.15) is 0 Å². The zero-order chi connectivity index (χ0) is 18.0. The molecule has 1 atom stereocenters. The highest BCUT2D eigenvalue weighted by Crippen LogP contribution is 2.31. The van der Waals surface area contributed by atoms with E-state index in [1.54, 1.807) is 13.0 Å². The molecule has 2 aromatic rings. The summed E-state index contributed by atoms with van der Waals surface area (Å²) in [5.41, 5.74) is -0.648. The molecular formula is C17H16FN3O3S. The van der Waals surface area contributed by atoms with Gasteiger partial charge in [0.25, 0.3) is 5.91 Å². The quantitative estimate of drug-likeness (QED) is 0.804. The average Bonchev–Trinajstić information content (AvgIpc) is 3.18. The highest BCUT2D eigenvalue weighted by molar-refractivity contribution is 7.10. The van der Waals surface area contributed by atoms with Gasteiger partial charge in [-0.1, -0.05) is 6.07 Å². The number of imide groups is 1. The molecule has 4 amide bonds. The number of carbonyl (C=O) groups is 3. The monoisotopic (exact) mass is 361 g/mol. The van der Waals surface area contributed by atoms with Gasteiger partial charge in [-0.15, -0.1) is 11.3 Å². The van der Waals surface area contributed by atoms with Crippen molar-refractivity contribution in [2.45, 2.75) is 18.9 Å². The topological polar surface area (TPSA) is 78.5 Å². The smallest absolute Gasteiger partial charge is 0.325 e. The number of benzene rings is 1. The first-order valence-corrected chi connectivity index (χ1v) is 8.51. The fourth-order valence-corrected chi connectivity index (χ4v) is 3.44. The second kappa shape index (κ2) is 6.64. The zero-order valence-corrected chi connectivity index (χ0v) is 14.2. The lowest BCUT2D eigenvalue weighted by Gasteiger charge is -2.20. The Morgan fingerprint density at radius 3 is 2.64 bits per heavy atom. The number of nitrogens with zero attached hydrogens (tertiary/aromatic N) is 1. The van der Waals surface area contributed by atoms with Crippen LogP contribution in [-0.2, 0) is 15.1 Å². The van der Waals surface area contributed by atoms with Crippen LogP contribution in [0.1, 0.15) is 18.2 Å². The van der Waals surface area contributed by atoms with Crippen LogP contribution in [0.15, 0.2) is 41.8 Å². The molecule has 8 heteroatoms. The van der Waals surface area contributed by atoms with Gasteiger partial charge >= 0.3 is 6.03 Å². The first kappa shape index (κ1) is 17.1. The Morgan fingerprint density at radius 1 is 1.28 bits per heavy atom. The van der Waals surface area contributed by atoms with Gasteiger partial charge in [-0.3, -0.25) is 14.5 Å². The Balaban J connectivity index is 1.61. The van der Waals surface area contributed by atoms with E-state index in [1.165, 1.54) is 35.6 Å². The van der Waals surface area contributed by atoms with E-state index in [9.17, 15) is 18.8 Å². The minimum absolute atomic E-state index is 0.0291. The second-order valence-corrected chi connectivity index (χ2v) is 6.74. The largest absolute Gasteiger partial charge is 0.326 e. The molecule has 1 aromatic carbocycles. The van der Waals surface area contributed by atoms with E-state index in [4.69, 9.17) is 0 Å². The highest BCUT2D eigenvalue weighted by atomic mass is 32.1. The first-order valence-electron chi connectivity index (χ1n) is 7.63. The van der Waals surface area contributed by atoms with E-state index >= 15 is 0 Å². The second-order valence-electron chi connectivity index (χ2n) is 5.79. The summed E-state index contributed by atoms with van der Waals surface area (Å²) in [6, 6.07) is 8.43. The number of urea groups is 1. The maximum Gasteiger partial charge on any atom is 0.325 e. The Morgan fingerprint density at radius 2 is 2.00 bits per heavy atom. The van der Waals surface area contributed by atoms with Crippen LogP contribution in [0.3, 0.4) is 0 Å². The van der Waals surface area contributed by atoms with Crippen molar-refractivity contribution in [2.75, 3.05) is 11.9 Å². The Bertz CT molecular complexity index is 807. The van der Waals surface area contributed by atoms with E-state index in [2.05, 4.69) is 10.6 Å². The van der Waals surface area contributed by atoms with E-state index in [0.717, 1.165) is 9.78 Å². The lowest BCUT2D eigenvalue weighted by molar-refractivity contribution is -0.131. The normalized spacial score (nSPS) is 19.8. The molecule has 0 bridgehead atoms. The third-order valence-corrected chi connectivity index (χ3v) is 5.07. The summed E-state index contributed by atoms with van der Waals surface area (Å²) in [5.74, 6) is -1.14. The van der Waals surface area contributed by atoms with Crippen molar-refractivity contribution in [1.82, 2.24) is 10.2 Å². The zero-order valence-electron chi connectivity index (χ0n) is 13.4. The van der Waals surface area contributed by atoms with Crippen molar-refractivity contribution in [2.24, 2.45) is 0 Å². The SMILES string of the molecule is CC1(c2cccs2)NC(=O)N(CCC(=O)Nc2ccc(F)cc2)C1=O. The lowest BCUT2D eigenvalue weighted by atomic mass is 10.0. The molecule has 0 radical (unpaired) electrons. The molecule has 0 saturated carbocycles. The predicted molar refractivity (Wildman–Crippen MR) is 91.6 cm³/mol. The summed E-state index contributed by atoms with van der Waals surface area (Å²) in [6.45, 7) is 1.62. The first-order chi connectivity index (χ1) is 11.9. The van der Waals surface area contributed by atoms with Crippen LogP contribution >= 0.6 is 11.3 Å². The molecule has 0 aliphatic carbocycles. The summed E-state index contributed by atoms with van der Waals surface area (Å²) >= 11 is 1.38. The molecule has 25 heavy (non-hydrogen) atoms. The standard InChI is InChI=1S/C17H16FN3O3S/c1-17(13-3-2-10-25-13)15(23)21(16(24)20-17)9-8-14(22)19-12-6-4-11(18)5-7-12/h2-7,10H,8-9H2,1H3,(H,19,22)(H,20,24). The third kappa shape index (κ3) is 3.39. The molecule has 1 saturated heterocycles. The van der Waals surface area contributed by atoms with Crippen LogP contribution in [0.4, 0.5) is 14.9 Å². The fraction of sp³-hybridized carbons (Fsp3) is 0.235. The van der Waals surface area contributed by atoms with Gasteiger partial charge < -0.3 is 10.6 Å². The number of hydrogen-bond acceptors (Lipinski definition) is 4. The number of rotatable bonds is 5. The van der Waals surface area contributed by atoms with Crippen LogP contribution in [0.25, 0.3) is 0 Å². The number of carbonyl (C=O) groups excluding carboxylic acids is 3. The van der Waals surface area contributed by atoms with E-state index in [0.29, 0.717) is 5.69 Å². The minimum atomic E-state index is -1.10. The van der Waals surface area contributed by atoms with Crippen molar-refractivity contribution in [1.29, 1.82) is 0 Å². The predicted octanol–water partition coefficient (Wildman–Crippen LogP) is 2.68. The number of halogens is 1. The summed E-state index contributed by atoms with van der Waals surface area (Å²) in [5, 5.41) is 7.12. The summed E-state index contributed by atoms with van der Waals surface area (Å²) in [7, 11) is 0. The molecule has 1 aliphatic rings. The average molecular weight is 361 g/mol. The Kier molecular flexibility index (Phi) is 4.54. The van der Waals surface area contributed by atoms with E-state index in [-0.39, 0.29) is 24.8 Å². The number of nitrogens with one attached hydrogen (secondary N) is 2. The van der Waals surface area contributed by atoms with Crippen LogP contribution < -0.4 is 10.6 Å². The molecule has 0 spiro atoms. The fourth-order valence-electron chi connectivity index (χ4n) is 2.60. The van der Waals surface area contributed by atoms with Gasteiger partial charge in [0.2, 0.25) is 5.91 Å². The molecule has 2 heterocycles.